The highest BCUT2D eigenvalue weighted by Gasteiger charge is 2.05. The molecule has 0 saturated heterocycles. The summed E-state index contributed by atoms with van der Waals surface area (Å²) in [7, 11) is 0. The Morgan fingerprint density at radius 1 is 1.11 bits per heavy atom. The molecule has 0 bridgehead atoms. The van der Waals surface area contributed by atoms with E-state index < -0.39 is 0 Å². The Bertz CT molecular complexity index is 538. The van der Waals surface area contributed by atoms with Gasteiger partial charge >= 0.3 is 0 Å². The lowest BCUT2D eigenvalue weighted by Gasteiger charge is -2.11. The minimum absolute atomic E-state index is 0.246. The molecule has 0 heterocycles. The number of para-hydroxylation sites is 1. The topological polar surface area (TPSA) is 38.0 Å². The number of nitrogens with one attached hydrogen (secondary N) is 1. The quantitative estimate of drug-likeness (QED) is 0.865. The molecule has 2 aromatic carbocycles. The number of hydrogen-bond acceptors (Lipinski definition) is 2. The Labute approximate surface area is 107 Å². The van der Waals surface area contributed by atoms with E-state index in [0.29, 0.717) is 18.7 Å². The summed E-state index contributed by atoms with van der Waals surface area (Å²) in [5.41, 5.74) is 8.87. The van der Waals surface area contributed by atoms with Crippen LogP contribution in [0.25, 0.3) is 0 Å². The number of hydrogen-bond donors (Lipinski definition) is 2. The number of rotatable bonds is 4. The third kappa shape index (κ3) is 2.87. The molecule has 18 heavy (non-hydrogen) atoms. The van der Waals surface area contributed by atoms with Crippen LogP contribution in [0.5, 0.6) is 0 Å². The number of anilines is 2. The molecule has 0 aliphatic rings. The second-order valence-electron chi connectivity index (χ2n) is 4.29. The molecule has 0 aliphatic carbocycles. The average Bonchev–Trinajstić information content (AvgIpc) is 2.35. The highest BCUT2D eigenvalue weighted by molar-refractivity contribution is 5.63. The average molecular weight is 244 g/mol. The van der Waals surface area contributed by atoms with E-state index >= 15 is 0 Å². The van der Waals surface area contributed by atoms with Gasteiger partial charge in [0.05, 0.1) is 5.69 Å². The van der Waals surface area contributed by atoms with Crippen LogP contribution >= 0.6 is 0 Å². The Balaban J connectivity index is 2.22. The van der Waals surface area contributed by atoms with Gasteiger partial charge in [-0.15, -0.1) is 0 Å². The zero-order valence-corrected chi connectivity index (χ0v) is 10.4. The van der Waals surface area contributed by atoms with Gasteiger partial charge in [-0.05, 0) is 49.2 Å². The van der Waals surface area contributed by atoms with Crippen LogP contribution in [0.3, 0.4) is 0 Å². The number of benzene rings is 2. The van der Waals surface area contributed by atoms with Gasteiger partial charge in [-0.1, -0.05) is 24.3 Å². The predicted octanol–water partition coefficient (Wildman–Crippen LogP) is 3.38. The maximum absolute atomic E-state index is 13.9. The number of nitrogens with two attached hydrogens (primary N) is 1. The van der Waals surface area contributed by atoms with Gasteiger partial charge in [-0.25, -0.2) is 4.39 Å². The SMILES string of the molecule is Cc1ccccc1Nc1ccc(CCN)cc1F. The molecule has 0 aliphatic heterocycles. The first kappa shape index (κ1) is 12.6. The molecule has 2 aromatic rings. The van der Waals surface area contributed by atoms with Crippen LogP contribution in [0.4, 0.5) is 15.8 Å². The molecule has 3 N–H and O–H groups in total. The Morgan fingerprint density at radius 3 is 2.56 bits per heavy atom. The Morgan fingerprint density at radius 2 is 1.89 bits per heavy atom. The fourth-order valence-electron chi connectivity index (χ4n) is 1.84. The summed E-state index contributed by atoms with van der Waals surface area (Å²) in [6.45, 7) is 2.52. The van der Waals surface area contributed by atoms with Crippen LogP contribution in [0.1, 0.15) is 11.1 Å². The third-order valence-corrected chi connectivity index (χ3v) is 2.88. The van der Waals surface area contributed by atoms with E-state index in [0.717, 1.165) is 16.8 Å². The van der Waals surface area contributed by atoms with Crippen molar-refractivity contribution >= 4 is 11.4 Å². The van der Waals surface area contributed by atoms with Crippen molar-refractivity contribution in [3.05, 3.63) is 59.4 Å². The first-order valence-corrected chi connectivity index (χ1v) is 6.02. The number of aryl methyl sites for hydroxylation is 1. The molecule has 0 radical (unpaired) electrons. The van der Waals surface area contributed by atoms with Gasteiger partial charge in [-0.2, -0.15) is 0 Å². The lowest BCUT2D eigenvalue weighted by molar-refractivity contribution is 0.629. The summed E-state index contributed by atoms with van der Waals surface area (Å²) in [6.07, 6.45) is 0.696. The van der Waals surface area contributed by atoms with Crippen LogP contribution in [0, 0.1) is 12.7 Å². The fraction of sp³-hybridized carbons (Fsp3) is 0.200. The highest BCUT2D eigenvalue weighted by Crippen LogP contribution is 2.23. The van der Waals surface area contributed by atoms with Gasteiger partial charge in [0.25, 0.3) is 0 Å². The summed E-state index contributed by atoms with van der Waals surface area (Å²) in [4.78, 5) is 0. The van der Waals surface area contributed by atoms with E-state index in [9.17, 15) is 4.39 Å². The molecule has 0 fully saturated rings. The maximum atomic E-state index is 13.9. The van der Waals surface area contributed by atoms with Crippen LogP contribution in [-0.4, -0.2) is 6.54 Å². The minimum atomic E-state index is -0.246. The first-order chi connectivity index (χ1) is 8.70. The first-order valence-electron chi connectivity index (χ1n) is 6.02. The van der Waals surface area contributed by atoms with Gasteiger partial charge < -0.3 is 11.1 Å². The lowest BCUT2D eigenvalue weighted by atomic mass is 10.1. The van der Waals surface area contributed by atoms with Crippen molar-refractivity contribution in [2.75, 3.05) is 11.9 Å². The monoisotopic (exact) mass is 244 g/mol. The van der Waals surface area contributed by atoms with Crippen molar-refractivity contribution in [2.24, 2.45) is 5.73 Å². The molecule has 94 valence electrons. The van der Waals surface area contributed by atoms with E-state index in [4.69, 9.17) is 5.73 Å². The third-order valence-electron chi connectivity index (χ3n) is 2.88. The summed E-state index contributed by atoms with van der Waals surface area (Å²) in [5.74, 6) is -0.246. The second kappa shape index (κ2) is 5.65. The van der Waals surface area contributed by atoms with Gasteiger partial charge in [0.15, 0.2) is 0 Å². The van der Waals surface area contributed by atoms with Crippen LogP contribution in [0.15, 0.2) is 42.5 Å². The van der Waals surface area contributed by atoms with E-state index in [2.05, 4.69) is 5.32 Å². The normalized spacial score (nSPS) is 10.4. The maximum Gasteiger partial charge on any atom is 0.146 e. The van der Waals surface area contributed by atoms with Crippen LogP contribution < -0.4 is 11.1 Å². The molecular weight excluding hydrogens is 227 g/mol. The molecular formula is C15H17FN2. The van der Waals surface area contributed by atoms with E-state index in [-0.39, 0.29) is 5.82 Å². The summed E-state index contributed by atoms with van der Waals surface area (Å²) in [6, 6.07) is 13.0. The molecule has 0 spiro atoms. The molecule has 2 nitrogen and oxygen atoms in total. The standard InChI is InChI=1S/C15H17FN2/c1-11-4-2-3-5-14(11)18-15-7-6-12(8-9-17)10-13(15)16/h2-7,10,18H,8-9,17H2,1H3. The zero-order chi connectivity index (χ0) is 13.0. The molecule has 3 heteroatoms. The largest absolute Gasteiger partial charge is 0.353 e. The van der Waals surface area contributed by atoms with Crippen molar-refractivity contribution in [2.45, 2.75) is 13.3 Å². The van der Waals surface area contributed by atoms with Crippen molar-refractivity contribution in [1.29, 1.82) is 0 Å². The molecule has 0 unspecified atom stereocenters. The van der Waals surface area contributed by atoms with E-state index in [1.807, 2.05) is 37.3 Å². The van der Waals surface area contributed by atoms with Crippen molar-refractivity contribution in [3.63, 3.8) is 0 Å². The van der Waals surface area contributed by atoms with Gasteiger partial charge in [-0.3, -0.25) is 0 Å². The van der Waals surface area contributed by atoms with Gasteiger partial charge in [0, 0.05) is 5.69 Å². The van der Waals surface area contributed by atoms with Crippen molar-refractivity contribution in [3.8, 4) is 0 Å². The Hall–Kier alpha value is -1.87. The zero-order valence-electron chi connectivity index (χ0n) is 10.4. The lowest BCUT2D eigenvalue weighted by Crippen LogP contribution is -2.03. The highest BCUT2D eigenvalue weighted by atomic mass is 19.1. The van der Waals surface area contributed by atoms with Gasteiger partial charge in [0.1, 0.15) is 5.82 Å². The fourth-order valence-corrected chi connectivity index (χ4v) is 1.84. The van der Waals surface area contributed by atoms with Crippen LogP contribution in [-0.2, 0) is 6.42 Å². The summed E-state index contributed by atoms with van der Waals surface area (Å²) in [5, 5.41) is 3.10. The van der Waals surface area contributed by atoms with E-state index in [1.165, 1.54) is 6.07 Å². The molecule has 0 atom stereocenters. The summed E-state index contributed by atoms with van der Waals surface area (Å²) < 4.78 is 13.9. The van der Waals surface area contributed by atoms with Crippen LogP contribution in [0.2, 0.25) is 0 Å². The summed E-state index contributed by atoms with van der Waals surface area (Å²) >= 11 is 0. The molecule has 0 aromatic heterocycles. The van der Waals surface area contributed by atoms with E-state index in [1.54, 1.807) is 6.07 Å². The van der Waals surface area contributed by atoms with Crippen molar-refractivity contribution < 1.29 is 4.39 Å². The smallest absolute Gasteiger partial charge is 0.146 e. The minimum Gasteiger partial charge on any atom is -0.353 e. The second-order valence-corrected chi connectivity index (χ2v) is 4.29. The van der Waals surface area contributed by atoms with Gasteiger partial charge in [0.2, 0.25) is 0 Å². The molecule has 0 saturated carbocycles. The molecule has 0 amide bonds. The predicted molar refractivity (Wildman–Crippen MR) is 73.6 cm³/mol. The Kier molecular flexibility index (Phi) is 3.95. The van der Waals surface area contributed by atoms with Crippen molar-refractivity contribution in [1.82, 2.24) is 0 Å². The number of halogens is 1. The molecule has 2 rings (SSSR count).